The van der Waals surface area contributed by atoms with Gasteiger partial charge < -0.3 is 14.8 Å². The molecule has 0 heterocycles. The van der Waals surface area contributed by atoms with Crippen LogP contribution in [-0.4, -0.2) is 25.6 Å². The van der Waals surface area contributed by atoms with E-state index in [4.69, 9.17) is 4.74 Å². The highest BCUT2D eigenvalue weighted by Gasteiger charge is 2.32. The summed E-state index contributed by atoms with van der Waals surface area (Å²) < 4.78 is 46.1. The molecule has 0 bridgehead atoms. The summed E-state index contributed by atoms with van der Waals surface area (Å²) in [7, 11) is 1.72. The lowest BCUT2D eigenvalue weighted by molar-refractivity contribution is -0.274. The number of rotatable bonds is 4. The van der Waals surface area contributed by atoms with Crippen LogP contribution in [0.2, 0.25) is 0 Å². The third kappa shape index (κ3) is 5.07. The second-order valence-electron chi connectivity index (χ2n) is 5.05. The van der Waals surface area contributed by atoms with Crippen LogP contribution in [0.4, 0.5) is 18.9 Å². The number of benzene rings is 1. The summed E-state index contributed by atoms with van der Waals surface area (Å²) in [6.07, 6.45) is -0.420. The molecule has 0 atom stereocenters. The predicted octanol–water partition coefficient (Wildman–Crippen LogP) is 4.72. The molecule has 2 rings (SSSR count). The molecule has 3 nitrogen and oxygen atoms in total. The maximum absolute atomic E-state index is 12.2. The summed E-state index contributed by atoms with van der Waals surface area (Å²) in [6.45, 7) is 0. The molecule has 0 unspecified atom stereocenters. The zero-order valence-corrected chi connectivity index (χ0v) is 13.1. The van der Waals surface area contributed by atoms with Gasteiger partial charge in [-0.15, -0.1) is 13.2 Å². The lowest BCUT2D eigenvalue weighted by Gasteiger charge is -2.29. The highest BCUT2D eigenvalue weighted by Crippen LogP contribution is 2.33. The maximum atomic E-state index is 12.2. The number of halogens is 4. The van der Waals surface area contributed by atoms with Crippen molar-refractivity contribution in [2.75, 3.05) is 12.4 Å². The van der Waals surface area contributed by atoms with Crippen LogP contribution in [-0.2, 0) is 4.74 Å². The Morgan fingerprint density at radius 3 is 2.38 bits per heavy atom. The lowest BCUT2D eigenvalue weighted by Crippen LogP contribution is -2.29. The molecule has 0 saturated heterocycles. The largest absolute Gasteiger partial charge is 0.573 e. The highest BCUT2D eigenvalue weighted by atomic mass is 79.9. The quantitative estimate of drug-likeness (QED) is 0.835. The minimum absolute atomic E-state index is 0.240. The van der Waals surface area contributed by atoms with E-state index in [9.17, 15) is 13.2 Å². The van der Waals surface area contributed by atoms with Crippen LogP contribution >= 0.6 is 15.9 Å². The van der Waals surface area contributed by atoms with Crippen molar-refractivity contribution in [3.05, 3.63) is 22.7 Å². The van der Waals surface area contributed by atoms with Gasteiger partial charge in [-0.05, 0) is 59.8 Å². The molecule has 1 aromatic rings. The van der Waals surface area contributed by atoms with Crippen LogP contribution in [0.1, 0.15) is 25.7 Å². The average Bonchev–Trinajstić information content (AvgIpc) is 2.41. The van der Waals surface area contributed by atoms with Crippen LogP contribution in [0.3, 0.4) is 0 Å². The molecule has 21 heavy (non-hydrogen) atoms. The zero-order chi connectivity index (χ0) is 15.5. The lowest BCUT2D eigenvalue weighted by atomic mass is 9.93. The Morgan fingerprint density at radius 1 is 1.19 bits per heavy atom. The van der Waals surface area contributed by atoms with Crippen molar-refractivity contribution in [1.29, 1.82) is 0 Å². The number of hydrogen-bond donors (Lipinski definition) is 1. The number of alkyl halides is 3. The predicted molar refractivity (Wildman–Crippen MR) is 77.5 cm³/mol. The van der Waals surface area contributed by atoms with Gasteiger partial charge in [-0.3, -0.25) is 0 Å². The van der Waals surface area contributed by atoms with E-state index in [0.29, 0.717) is 12.1 Å². The Balaban J connectivity index is 1.94. The topological polar surface area (TPSA) is 30.5 Å². The van der Waals surface area contributed by atoms with Crippen LogP contribution in [0.5, 0.6) is 5.75 Å². The Kier molecular flexibility index (Phi) is 5.37. The van der Waals surface area contributed by atoms with E-state index < -0.39 is 6.36 Å². The normalized spacial score (nSPS) is 22.9. The minimum atomic E-state index is -4.68. The van der Waals surface area contributed by atoms with Gasteiger partial charge in [-0.25, -0.2) is 0 Å². The van der Waals surface area contributed by atoms with E-state index in [0.717, 1.165) is 31.4 Å². The molecule has 1 aliphatic rings. The van der Waals surface area contributed by atoms with E-state index in [1.807, 2.05) is 0 Å². The summed E-state index contributed by atoms with van der Waals surface area (Å²) in [5.74, 6) is -0.240. The van der Waals surface area contributed by atoms with Crippen molar-refractivity contribution >= 4 is 21.6 Å². The molecule has 1 aromatic carbocycles. The summed E-state index contributed by atoms with van der Waals surface area (Å²) in [5.41, 5.74) is 0.775. The highest BCUT2D eigenvalue weighted by molar-refractivity contribution is 9.10. The summed E-state index contributed by atoms with van der Waals surface area (Å²) in [5, 5.41) is 3.33. The number of hydrogen-bond acceptors (Lipinski definition) is 3. The smallest absolute Gasteiger partial charge is 0.405 e. The average molecular weight is 368 g/mol. The zero-order valence-electron chi connectivity index (χ0n) is 11.5. The first-order valence-corrected chi connectivity index (χ1v) is 7.51. The monoisotopic (exact) mass is 367 g/mol. The second-order valence-corrected chi connectivity index (χ2v) is 5.90. The van der Waals surface area contributed by atoms with Gasteiger partial charge in [0, 0.05) is 18.8 Å². The number of ether oxygens (including phenoxy) is 2. The van der Waals surface area contributed by atoms with Gasteiger partial charge in [-0.2, -0.15) is 0 Å². The SMILES string of the molecule is COC1CCC(Nc2ccc(OC(F)(F)F)c(Br)c2)CC1. The van der Waals surface area contributed by atoms with E-state index in [1.165, 1.54) is 6.07 Å². The molecule has 0 aliphatic heterocycles. The molecule has 0 radical (unpaired) electrons. The second kappa shape index (κ2) is 6.87. The van der Waals surface area contributed by atoms with E-state index in [-0.39, 0.29) is 10.2 Å². The fraction of sp³-hybridized carbons (Fsp3) is 0.571. The number of nitrogens with one attached hydrogen (secondary N) is 1. The fourth-order valence-corrected chi connectivity index (χ4v) is 2.94. The van der Waals surface area contributed by atoms with E-state index in [2.05, 4.69) is 26.0 Å². The fourth-order valence-electron chi connectivity index (χ4n) is 2.48. The van der Waals surface area contributed by atoms with Gasteiger partial charge in [0.05, 0.1) is 10.6 Å². The van der Waals surface area contributed by atoms with Crippen LogP contribution in [0, 0.1) is 0 Å². The first-order valence-electron chi connectivity index (χ1n) is 6.72. The van der Waals surface area contributed by atoms with E-state index >= 15 is 0 Å². The molecule has 0 aromatic heterocycles. The molecule has 1 saturated carbocycles. The van der Waals surface area contributed by atoms with Crippen LogP contribution in [0.15, 0.2) is 22.7 Å². The number of anilines is 1. The molecule has 1 fully saturated rings. The van der Waals surface area contributed by atoms with Crippen LogP contribution < -0.4 is 10.1 Å². The third-order valence-corrected chi connectivity index (χ3v) is 4.16. The molecule has 118 valence electrons. The summed E-state index contributed by atoms with van der Waals surface area (Å²) in [6, 6.07) is 4.82. The van der Waals surface area contributed by atoms with Gasteiger partial charge in [0.25, 0.3) is 0 Å². The third-order valence-electron chi connectivity index (χ3n) is 3.54. The van der Waals surface area contributed by atoms with Crippen molar-refractivity contribution < 1.29 is 22.6 Å². The first kappa shape index (κ1) is 16.4. The van der Waals surface area contributed by atoms with Crippen molar-refractivity contribution in [1.82, 2.24) is 0 Å². The van der Waals surface area contributed by atoms with Crippen molar-refractivity contribution in [3.8, 4) is 5.75 Å². The van der Waals surface area contributed by atoms with E-state index in [1.54, 1.807) is 19.2 Å². The molecular formula is C14H17BrF3NO2. The van der Waals surface area contributed by atoms with Crippen molar-refractivity contribution in [2.45, 2.75) is 44.2 Å². The van der Waals surface area contributed by atoms with Gasteiger partial charge in [0.15, 0.2) is 0 Å². The van der Waals surface area contributed by atoms with Gasteiger partial charge in [0.1, 0.15) is 5.75 Å². The maximum Gasteiger partial charge on any atom is 0.573 e. The Bertz CT molecular complexity index is 474. The van der Waals surface area contributed by atoms with Gasteiger partial charge >= 0.3 is 6.36 Å². The Labute approximate surface area is 129 Å². The van der Waals surface area contributed by atoms with Gasteiger partial charge in [0.2, 0.25) is 0 Å². The summed E-state index contributed by atoms with van der Waals surface area (Å²) >= 11 is 3.10. The molecule has 0 amide bonds. The number of methoxy groups -OCH3 is 1. The molecule has 0 spiro atoms. The molecular weight excluding hydrogens is 351 g/mol. The molecule has 1 N–H and O–H groups in total. The molecule has 7 heteroatoms. The standard InChI is InChI=1S/C14H17BrF3NO2/c1-20-11-5-2-9(3-6-11)19-10-4-7-13(12(15)8-10)21-14(16,17)18/h4,7-9,11,19H,2-3,5-6H2,1H3. The first-order chi connectivity index (χ1) is 9.87. The Hall–Kier alpha value is -0.950. The van der Waals surface area contributed by atoms with Crippen molar-refractivity contribution in [2.24, 2.45) is 0 Å². The molecule has 1 aliphatic carbocycles. The minimum Gasteiger partial charge on any atom is -0.405 e. The van der Waals surface area contributed by atoms with Crippen molar-refractivity contribution in [3.63, 3.8) is 0 Å². The Morgan fingerprint density at radius 2 is 1.86 bits per heavy atom. The van der Waals surface area contributed by atoms with Crippen LogP contribution in [0.25, 0.3) is 0 Å². The summed E-state index contributed by atoms with van der Waals surface area (Å²) in [4.78, 5) is 0. The van der Waals surface area contributed by atoms with Gasteiger partial charge in [-0.1, -0.05) is 0 Å².